The molecule has 0 saturated carbocycles. The average molecular weight is 332 g/mol. The number of nitrogens with one attached hydrogen (secondary N) is 2. The average Bonchev–Trinajstić information content (AvgIpc) is 2.63. The fourth-order valence-electron chi connectivity index (χ4n) is 2.63. The third kappa shape index (κ3) is 4.57. The molecule has 1 unspecified atom stereocenters. The Bertz CT molecular complexity index is 798. The Morgan fingerprint density at radius 2 is 1.52 bits per heavy atom. The molecule has 0 fully saturated rings. The molecule has 0 bridgehead atoms. The van der Waals surface area contributed by atoms with Crippen molar-refractivity contribution in [2.45, 2.75) is 32.7 Å². The van der Waals surface area contributed by atoms with E-state index in [9.17, 15) is 0 Å². The van der Waals surface area contributed by atoms with Gasteiger partial charge in [-0.1, -0.05) is 56.3 Å². The molecule has 3 rings (SSSR count). The van der Waals surface area contributed by atoms with Gasteiger partial charge in [0.15, 0.2) is 0 Å². The molecule has 0 radical (unpaired) electrons. The standard InChI is InChI=1S/C21H24N4/c1-15(2)17-9-11-19(12-10-17)24-21-22-14-13-20(25-21)23-16(3)18-7-5-4-6-8-18/h4-16H,1-3H3,(H2,22,23,24,25). The number of benzene rings is 2. The second-order valence-electron chi connectivity index (χ2n) is 6.44. The molecule has 0 saturated heterocycles. The lowest BCUT2D eigenvalue weighted by atomic mass is 10.0. The van der Waals surface area contributed by atoms with Gasteiger partial charge >= 0.3 is 0 Å². The van der Waals surface area contributed by atoms with Crippen LogP contribution in [-0.4, -0.2) is 9.97 Å². The van der Waals surface area contributed by atoms with Crippen LogP contribution in [-0.2, 0) is 0 Å². The van der Waals surface area contributed by atoms with Crippen molar-refractivity contribution in [1.82, 2.24) is 9.97 Å². The smallest absolute Gasteiger partial charge is 0.229 e. The lowest BCUT2D eigenvalue weighted by molar-refractivity contribution is 0.867. The minimum absolute atomic E-state index is 0.175. The quantitative estimate of drug-likeness (QED) is 0.624. The zero-order chi connectivity index (χ0) is 17.6. The van der Waals surface area contributed by atoms with Gasteiger partial charge in [-0.05, 0) is 42.2 Å². The van der Waals surface area contributed by atoms with E-state index >= 15 is 0 Å². The molecule has 1 heterocycles. The van der Waals surface area contributed by atoms with Crippen molar-refractivity contribution in [2.24, 2.45) is 0 Å². The van der Waals surface area contributed by atoms with E-state index < -0.39 is 0 Å². The molecule has 2 aromatic carbocycles. The first-order valence-electron chi connectivity index (χ1n) is 8.63. The molecule has 3 aromatic rings. The molecule has 0 spiro atoms. The van der Waals surface area contributed by atoms with Crippen LogP contribution in [0.1, 0.15) is 43.9 Å². The van der Waals surface area contributed by atoms with E-state index in [1.54, 1.807) is 6.20 Å². The minimum Gasteiger partial charge on any atom is -0.363 e. The normalized spacial score (nSPS) is 12.0. The van der Waals surface area contributed by atoms with Crippen LogP contribution < -0.4 is 10.6 Å². The highest BCUT2D eigenvalue weighted by Gasteiger charge is 2.07. The van der Waals surface area contributed by atoms with Gasteiger partial charge in [-0.15, -0.1) is 0 Å². The maximum atomic E-state index is 4.56. The van der Waals surface area contributed by atoms with Crippen LogP contribution in [0, 0.1) is 0 Å². The van der Waals surface area contributed by atoms with Crippen LogP contribution in [0.5, 0.6) is 0 Å². The molecule has 128 valence electrons. The predicted molar refractivity (Wildman–Crippen MR) is 104 cm³/mol. The highest BCUT2D eigenvalue weighted by molar-refractivity contribution is 5.55. The fourth-order valence-corrected chi connectivity index (χ4v) is 2.63. The van der Waals surface area contributed by atoms with Crippen molar-refractivity contribution < 1.29 is 0 Å². The molecule has 1 aromatic heterocycles. The van der Waals surface area contributed by atoms with Gasteiger partial charge in [-0.25, -0.2) is 4.98 Å². The summed E-state index contributed by atoms with van der Waals surface area (Å²) in [6, 6.07) is 20.8. The van der Waals surface area contributed by atoms with Crippen molar-refractivity contribution in [3.05, 3.63) is 78.0 Å². The Kier molecular flexibility index (Phi) is 5.29. The third-order valence-electron chi connectivity index (χ3n) is 4.15. The van der Waals surface area contributed by atoms with Crippen molar-refractivity contribution in [3.8, 4) is 0 Å². The van der Waals surface area contributed by atoms with E-state index in [2.05, 4.69) is 77.8 Å². The van der Waals surface area contributed by atoms with Crippen LogP contribution in [0.3, 0.4) is 0 Å². The summed E-state index contributed by atoms with van der Waals surface area (Å²) in [6.07, 6.45) is 1.76. The van der Waals surface area contributed by atoms with Crippen LogP contribution in [0.4, 0.5) is 17.5 Å². The number of hydrogen-bond donors (Lipinski definition) is 2. The van der Waals surface area contributed by atoms with Gasteiger partial charge in [0.2, 0.25) is 5.95 Å². The highest BCUT2D eigenvalue weighted by atomic mass is 15.1. The van der Waals surface area contributed by atoms with Crippen LogP contribution in [0.15, 0.2) is 66.9 Å². The Morgan fingerprint density at radius 1 is 0.800 bits per heavy atom. The predicted octanol–water partition coefficient (Wildman–Crippen LogP) is 5.52. The molecule has 1 atom stereocenters. The fraction of sp³-hybridized carbons (Fsp3) is 0.238. The Morgan fingerprint density at radius 3 is 2.20 bits per heavy atom. The van der Waals surface area contributed by atoms with Crippen molar-refractivity contribution in [2.75, 3.05) is 10.6 Å². The summed E-state index contributed by atoms with van der Waals surface area (Å²) in [5.74, 6) is 1.91. The molecular weight excluding hydrogens is 308 g/mol. The number of rotatable bonds is 6. The molecule has 0 aliphatic carbocycles. The number of anilines is 3. The summed E-state index contributed by atoms with van der Waals surface area (Å²) < 4.78 is 0. The maximum Gasteiger partial charge on any atom is 0.229 e. The lowest BCUT2D eigenvalue weighted by Crippen LogP contribution is -2.09. The van der Waals surface area contributed by atoms with Gasteiger partial charge in [0.1, 0.15) is 5.82 Å². The van der Waals surface area contributed by atoms with E-state index in [1.165, 1.54) is 11.1 Å². The summed E-state index contributed by atoms with van der Waals surface area (Å²) in [6.45, 7) is 6.50. The lowest BCUT2D eigenvalue weighted by Gasteiger charge is -2.15. The largest absolute Gasteiger partial charge is 0.363 e. The first-order chi connectivity index (χ1) is 12.1. The molecule has 2 N–H and O–H groups in total. The van der Waals surface area contributed by atoms with Gasteiger partial charge in [0.05, 0.1) is 0 Å². The Balaban J connectivity index is 1.69. The van der Waals surface area contributed by atoms with E-state index in [1.807, 2.05) is 24.3 Å². The molecule has 4 heteroatoms. The zero-order valence-electron chi connectivity index (χ0n) is 14.9. The number of nitrogens with zero attached hydrogens (tertiary/aromatic N) is 2. The molecule has 25 heavy (non-hydrogen) atoms. The van der Waals surface area contributed by atoms with E-state index in [4.69, 9.17) is 0 Å². The number of hydrogen-bond acceptors (Lipinski definition) is 4. The van der Waals surface area contributed by atoms with E-state index in [-0.39, 0.29) is 6.04 Å². The van der Waals surface area contributed by atoms with Crippen molar-refractivity contribution in [1.29, 1.82) is 0 Å². The van der Waals surface area contributed by atoms with Gasteiger partial charge in [0.25, 0.3) is 0 Å². The van der Waals surface area contributed by atoms with Crippen molar-refractivity contribution >= 4 is 17.5 Å². The third-order valence-corrected chi connectivity index (χ3v) is 4.15. The van der Waals surface area contributed by atoms with Crippen LogP contribution in [0.25, 0.3) is 0 Å². The summed E-state index contributed by atoms with van der Waals surface area (Å²) in [4.78, 5) is 8.87. The minimum atomic E-state index is 0.175. The van der Waals surface area contributed by atoms with Gasteiger partial charge in [-0.2, -0.15) is 4.98 Å². The Hall–Kier alpha value is -2.88. The van der Waals surface area contributed by atoms with Gasteiger partial charge in [0, 0.05) is 17.9 Å². The monoisotopic (exact) mass is 332 g/mol. The second kappa shape index (κ2) is 7.79. The maximum absolute atomic E-state index is 4.56. The topological polar surface area (TPSA) is 49.8 Å². The second-order valence-corrected chi connectivity index (χ2v) is 6.44. The first kappa shape index (κ1) is 17.0. The summed E-state index contributed by atoms with van der Waals surface area (Å²) in [5.41, 5.74) is 3.52. The van der Waals surface area contributed by atoms with Crippen LogP contribution in [0.2, 0.25) is 0 Å². The van der Waals surface area contributed by atoms with Crippen molar-refractivity contribution in [3.63, 3.8) is 0 Å². The van der Waals surface area contributed by atoms with Gasteiger partial charge in [-0.3, -0.25) is 0 Å². The van der Waals surface area contributed by atoms with E-state index in [0.717, 1.165) is 11.5 Å². The van der Waals surface area contributed by atoms with Crippen LogP contribution >= 0.6 is 0 Å². The molecule has 4 nitrogen and oxygen atoms in total. The summed E-state index contributed by atoms with van der Waals surface area (Å²) >= 11 is 0. The molecule has 0 aliphatic heterocycles. The highest BCUT2D eigenvalue weighted by Crippen LogP contribution is 2.21. The van der Waals surface area contributed by atoms with E-state index in [0.29, 0.717) is 11.9 Å². The molecule has 0 amide bonds. The summed E-state index contributed by atoms with van der Waals surface area (Å²) in [5, 5.41) is 6.68. The zero-order valence-corrected chi connectivity index (χ0v) is 14.9. The van der Waals surface area contributed by atoms with Gasteiger partial charge < -0.3 is 10.6 Å². The first-order valence-corrected chi connectivity index (χ1v) is 8.63. The SMILES string of the molecule is CC(C)c1ccc(Nc2nccc(NC(C)c3ccccc3)n2)cc1. The number of aromatic nitrogens is 2. The summed E-state index contributed by atoms with van der Waals surface area (Å²) in [7, 11) is 0. The molecular formula is C21H24N4. The Labute approximate surface area is 149 Å². The molecule has 0 aliphatic rings.